The number of sulfonamides is 1. The summed E-state index contributed by atoms with van der Waals surface area (Å²) in [6.45, 7) is 3.32. The molecule has 1 atom stereocenters. The van der Waals surface area contributed by atoms with E-state index in [0.29, 0.717) is 38.3 Å². The summed E-state index contributed by atoms with van der Waals surface area (Å²) in [7, 11) is -1.98. The van der Waals surface area contributed by atoms with Crippen LogP contribution in [0.3, 0.4) is 0 Å². The third-order valence-corrected chi connectivity index (χ3v) is 6.83. The van der Waals surface area contributed by atoms with E-state index in [-0.39, 0.29) is 16.8 Å². The molecular weight excluding hydrogens is 392 g/mol. The Morgan fingerprint density at radius 2 is 1.83 bits per heavy atom. The Morgan fingerprint density at radius 3 is 2.55 bits per heavy atom. The predicted molar refractivity (Wildman–Crippen MR) is 109 cm³/mol. The Hall–Kier alpha value is -2.58. The van der Waals surface area contributed by atoms with Crippen LogP contribution in [-0.2, 0) is 14.8 Å². The van der Waals surface area contributed by atoms with Crippen LogP contribution in [0.4, 0.5) is 0 Å². The van der Waals surface area contributed by atoms with Gasteiger partial charge >= 0.3 is 0 Å². The minimum absolute atomic E-state index is 0.0417. The Kier molecular flexibility index (Phi) is 5.23. The van der Waals surface area contributed by atoms with Crippen LogP contribution in [0, 0.1) is 6.92 Å². The molecule has 0 saturated carbocycles. The molecule has 2 aliphatic heterocycles. The molecule has 2 aliphatic rings. The second-order valence-electron chi connectivity index (χ2n) is 7.47. The number of carbonyl (C=O) groups excluding carboxylic acids is 1. The van der Waals surface area contributed by atoms with Gasteiger partial charge in [-0.05, 0) is 54.3 Å². The highest BCUT2D eigenvalue weighted by Crippen LogP contribution is 2.36. The molecule has 0 bridgehead atoms. The van der Waals surface area contributed by atoms with Crippen molar-refractivity contribution in [2.75, 3.05) is 26.8 Å². The number of rotatable bonds is 4. The number of fused-ring (bicyclic) bond motifs is 1. The van der Waals surface area contributed by atoms with Gasteiger partial charge in [0.25, 0.3) is 0 Å². The zero-order valence-corrected chi connectivity index (χ0v) is 17.3. The Labute approximate surface area is 170 Å². The van der Waals surface area contributed by atoms with Crippen molar-refractivity contribution in [3.8, 4) is 22.6 Å². The summed E-state index contributed by atoms with van der Waals surface area (Å²) in [4.78, 5) is 13.4. The van der Waals surface area contributed by atoms with Crippen molar-refractivity contribution in [1.82, 2.24) is 9.62 Å². The molecule has 0 radical (unpaired) electrons. The van der Waals surface area contributed by atoms with Crippen LogP contribution in [-0.4, -0.2) is 52.1 Å². The third kappa shape index (κ3) is 4.09. The third-order valence-electron chi connectivity index (χ3n) is 5.31. The van der Waals surface area contributed by atoms with E-state index in [0.717, 1.165) is 22.4 Å². The van der Waals surface area contributed by atoms with Gasteiger partial charge in [0.2, 0.25) is 15.9 Å². The molecule has 1 N–H and O–H groups in total. The lowest BCUT2D eigenvalue weighted by Crippen LogP contribution is -2.48. The molecule has 0 aliphatic carbocycles. The Balaban J connectivity index is 1.56. The van der Waals surface area contributed by atoms with E-state index in [1.54, 1.807) is 24.1 Å². The van der Waals surface area contributed by atoms with Gasteiger partial charge in [-0.2, -0.15) is 0 Å². The largest absolute Gasteiger partial charge is 0.486 e. The van der Waals surface area contributed by atoms with Gasteiger partial charge in [-0.15, -0.1) is 0 Å². The number of hydrogen-bond acceptors (Lipinski definition) is 5. The normalized spacial score (nSPS) is 19.3. The van der Waals surface area contributed by atoms with E-state index in [1.165, 1.54) is 0 Å². The van der Waals surface area contributed by atoms with Crippen LogP contribution >= 0.6 is 0 Å². The Bertz CT molecular complexity index is 1050. The molecule has 154 valence electrons. The molecule has 0 spiro atoms. The molecule has 1 unspecified atom stereocenters. The molecule has 8 heteroatoms. The van der Waals surface area contributed by atoms with Crippen LogP contribution in [0.15, 0.2) is 41.3 Å². The molecule has 2 aromatic rings. The minimum Gasteiger partial charge on any atom is -0.486 e. The first-order valence-electron chi connectivity index (χ1n) is 9.60. The first-order valence-corrected chi connectivity index (χ1v) is 11.1. The fourth-order valence-corrected chi connectivity index (χ4v) is 5.08. The quantitative estimate of drug-likeness (QED) is 0.827. The maximum atomic E-state index is 12.8. The van der Waals surface area contributed by atoms with Crippen molar-refractivity contribution < 1.29 is 22.7 Å². The molecular formula is C21H24N2O5S. The number of hydrogen-bond donors (Lipinski definition) is 1. The van der Waals surface area contributed by atoms with Gasteiger partial charge in [-0.25, -0.2) is 13.1 Å². The average Bonchev–Trinajstić information content (AvgIpc) is 2.70. The summed E-state index contributed by atoms with van der Waals surface area (Å²) in [5.74, 6) is 1.46. The maximum absolute atomic E-state index is 12.8. The number of carbonyl (C=O) groups is 1. The predicted octanol–water partition coefficient (Wildman–Crippen LogP) is 2.33. The van der Waals surface area contributed by atoms with Gasteiger partial charge in [0, 0.05) is 26.1 Å². The van der Waals surface area contributed by atoms with Crippen LogP contribution < -0.4 is 14.2 Å². The molecule has 4 rings (SSSR count). The second-order valence-corrected chi connectivity index (χ2v) is 9.18. The molecule has 7 nitrogen and oxygen atoms in total. The van der Waals surface area contributed by atoms with Crippen LogP contribution in [0.25, 0.3) is 11.1 Å². The van der Waals surface area contributed by atoms with Crippen molar-refractivity contribution >= 4 is 15.9 Å². The fourth-order valence-electron chi connectivity index (χ4n) is 3.73. The lowest BCUT2D eigenvalue weighted by atomic mass is 10.0. The van der Waals surface area contributed by atoms with Gasteiger partial charge in [-0.3, -0.25) is 4.79 Å². The van der Waals surface area contributed by atoms with Gasteiger partial charge in [-0.1, -0.05) is 12.1 Å². The first kappa shape index (κ1) is 19.7. The summed E-state index contributed by atoms with van der Waals surface area (Å²) in [6.07, 6.45) is 0.864. The second kappa shape index (κ2) is 7.68. The molecule has 1 amide bonds. The molecule has 2 heterocycles. The Morgan fingerprint density at radius 1 is 1.07 bits per heavy atom. The number of likely N-dealkylation sites (N-methyl/N-ethyl adjacent to an activating group) is 1. The lowest BCUT2D eigenvalue weighted by Gasteiger charge is -2.30. The fraction of sp³-hybridized carbons (Fsp3) is 0.381. The van der Waals surface area contributed by atoms with Gasteiger partial charge in [0.1, 0.15) is 13.2 Å². The van der Waals surface area contributed by atoms with Crippen molar-refractivity contribution in [2.24, 2.45) is 0 Å². The van der Waals surface area contributed by atoms with Crippen molar-refractivity contribution in [3.05, 3.63) is 42.0 Å². The van der Waals surface area contributed by atoms with Crippen molar-refractivity contribution in [3.63, 3.8) is 0 Å². The van der Waals surface area contributed by atoms with Gasteiger partial charge in [0.15, 0.2) is 11.5 Å². The lowest BCUT2D eigenvalue weighted by molar-refractivity contribution is -0.132. The van der Waals surface area contributed by atoms with Crippen LogP contribution in [0.5, 0.6) is 11.5 Å². The first-order chi connectivity index (χ1) is 13.8. The number of nitrogens with zero attached hydrogens (tertiary/aromatic N) is 1. The highest BCUT2D eigenvalue weighted by Gasteiger charge is 2.27. The summed E-state index contributed by atoms with van der Waals surface area (Å²) >= 11 is 0. The molecule has 1 fully saturated rings. The van der Waals surface area contributed by atoms with E-state index < -0.39 is 10.0 Å². The molecule has 2 aromatic carbocycles. The van der Waals surface area contributed by atoms with E-state index in [4.69, 9.17) is 9.47 Å². The highest BCUT2D eigenvalue weighted by atomic mass is 32.2. The van der Waals surface area contributed by atoms with Crippen molar-refractivity contribution in [2.45, 2.75) is 30.7 Å². The summed E-state index contributed by atoms with van der Waals surface area (Å²) in [6, 6.07) is 10.5. The van der Waals surface area contributed by atoms with Crippen LogP contribution in [0.1, 0.15) is 18.4 Å². The standard InChI is InChI=1S/C21H24N2O5S/c1-14-11-17(29(25,26)22-16-4-8-21(24)23(2)13-16)5-6-18(14)15-3-7-19-20(12-15)28-10-9-27-19/h3,5-7,11-12,16,22H,4,8-10,13H2,1-2H3. The summed E-state index contributed by atoms with van der Waals surface area (Å²) in [5.41, 5.74) is 2.72. The SMILES string of the molecule is Cc1cc(S(=O)(=O)NC2CCC(=O)N(C)C2)ccc1-c1ccc2c(c1)OCCO2. The van der Waals surface area contributed by atoms with Crippen LogP contribution in [0.2, 0.25) is 0 Å². The number of benzene rings is 2. The van der Waals surface area contributed by atoms with Crippen molar-refractivity contribution in [1.29, 1.82) is 0 Å². The smallest absolute Gasteiger partial charge is 0.240 e. The highest BCUT2D eigenvalue weighted by molar-refractivity contribution is 7.89. The van der Waals surface area contributed by atoms with E-state index >= 15 is 0 Å². The van der Waals surface area contributed by atoms with Gasteiger partial charge < -0.3 is 14.4 Å². The van der Waals surface area contributed by atoms with E-state index in [1.807, 2.05) is 31.2 Å². The van der Waals surface area contributed by atoms with E-state index in [2.05, 4.69) is 4.72 Å². The number of aryl methyl sites for hydroxylation is 1. The zero-order valence-electron chi connectivity index (χ0n) is 16.5. The number of ether oxygens (including phenoxy) is 2. The number of piperidine rings is 1. The molecule has 29 heavy (non-hydrogen) atoms. The maximum Gasteiger partial charge on any atom is 0.240 e. The molecule has 1 saturated heterocycles. The van der Waals surface area contributed by atoms with E-state index in [9.17, 15) is 13.2 Å². The average molecular weight is 416 g/mol. The minimum atomic E-state index is -3.67. The van der Waals surface area contributed by atoms with Gasteiger partial charge in [0.05, 0.1) is 4.90 Å². The summed E-state index contributed by atoms with van der Waals surface area (Å²) in [5, 5.41) is 0. The number of nitrogens with one attached hydrogen (secondary N) is 1. The topological polar surface area (TPSA) is 84.9 Å². The zero-order chi connectivity index (χ0) is 20.6. The summed E-state index contributed by atoms with van der Waals surface area (Å²) < 4.78 is 39.6. The molecule has 0 aromatic heterocycles. The number of likely N-dealkylation sites (tertiary alicyclic amines) is 1. The number of amides is 1. The monoisotopic (exact) mass is 416 g/mol.